The number of nitrogens with zero attached hydrogens (tertiary/aromatic N) is 4. The molecule has 0 spiro atoms. The van der Waals surface area contributed by atoms with E-state index >= 15 is 0 Å². The van der Waals surface area contributed by atoms with E-state index in [1.54, 1.807) is 0 Å². The van der Waals surface area contributed by atoms with Gasteiger partial charge in [0.1, 0.15) is 11.6 Å². The molecular weight excluding hydrogens is 176 g/mol. The number of aromatic nitrogens is 3. The van der Waals surface area contributed by atoms with E-state index in [4.69, 9.17) is 5.26 Å². The second kappa shape index (κ2) is 3.79. The fraction of sp³-hybridized carbons (Fsp3) is 0.700. The quantitative estimate of drug-likeness (QED) is 0.734. The van der Waals surface area contributed by atoms with Crippen LogP contribution in [0.3, 0.4) is 0 Å². The number of rotatable bonds is 3. The summed E-state index contributed by atoms with van der Waals surface area (Å²) in [6.07, 6.45) is 0.799. The van der Waals surface area contributed by atoms with Crippen LogP contribution in [0.2, 0.25) is 0 Å². The number of aryl methyl sites for hydroxylation is 3. The maximum atomic E-state index is 8.85. The zero-order valence-electron chi connectivity index (χ0n) is 9.20. The first-order valence-electron chi connectivity index (χ1n) is 4.74. The van der Waals surface area contributed by atoms with Crippen LogP contribution in [0.5, 0.6) is 0 Å². The summed E-state index contributed by atoms with van der Waals surface area (Å²) in [5, 5.41) is 13.1. The smallest absolute Gasteiger partial charge is 0.147 e. The monoisotopic (exact) mass is 192 g/mol. The molecule has 0 radical (unpaired) electrons. The van der Waals surface area contributed by atoms with E-state index < -0.39 is 0 Å². The van der Waals surface area contributed by atoms with E-state index in [-0.39, 0.29) is 5.41 Å². The third kappa shape index (κ3) is 2.56. The normalized spacial score (nSPS) is 11.4. The molecule has 0 aromatic carbocycles. The number of nitriles is 1. The summed E-state index contributed by atoms with van der Waals surface area (Å²) in [4.78, 5) is 4.21. The van der Waals surface area contributed by atoms with Gasteiger partial charge in [0.2, 0.25) is 0 Å². The van der Waals surface area contributed by atoms with Crippen LogP contribution in [0.1, 0.15) is 31.9 Å². The zero-order chi connectivity index (χ0) is 10.8. The van der Waals surface area contributed by atoms with Gasteiger partial charge < -0.3 is 0 Å². The van der Waals surface area contributed by atoms with Gasteiger partial charge in [-0.15, -0.1) is 0 Å². The van der Waals surface area contributed by atoms with Crippen LogP contribution in [0.4, 0.5) is 0 Å². The van der Waals surface area contributed by atoms with Crippen molar-refractivity contribution in [2.45, 2.75) is 40.7 Å². The van der Waals surface area contributed by atoms with Crippen LogP contribution >= 0.6 is 0 Å². The molecule has 0 N–H and O–H groups in total. The fourth-order valence-corrected chi connectivity index (χ4v) is 1.21. The van der Waals surface area contributed by atoms with Gasteiger partial charge in [-0.3, -0.25) is 4.68 Å². The van der Waals surface area contributed by atoms with E-state index in [9.17, 15) is 0 Å². The first-order valence-corrected chi connectivity index (χ1v) is 4.74. The molecule has 1 rings (SSSR count). The molecule has 0 saturated heterocycles. The Balaban J connectivity index is 2.63. The molecule has 4 nitrogen and oxygen atoms in total. The first-order chi connectivity index (χ1) is 6.44. The molecule has 0 aliphatic carbocycles. The second-order valence-corrected chi connectivity index (χ2v) is 4.18. The SMILES string of the molecule is Cc1nc(C)n(CCC(C)(C)C#N)n1. The van der Waals surface area contributed by atoms with Crippen LogP contribution in [0, 0.1) is 30.6 Å². The zero-order valence-corrected chi connectivity index (χ0v) is 9.20. The van der Waals surface area contributed by atoms with E-state index in [1.807, 2.05) is 32.4 Å². The van der Waals surface area contributed by atoms with Crippen molar-refractivity contribution >= 4 is 0 Å². The summed E-state index contributed by atoms with van der Waals surface area (Å²) in [5.74, 6) is 1.70. The highest BCUT2D eigenvalue weighted by Gasteiger charge is 2.17. The minimum absolute atomic E-state index is 0.285. The Morgan fingerprint density at radius 2 is 2.07 bits per heavy atom. The lowest BCUT2D eigenvalue weighted by atomic mass is 9.92. The van der Waals surface area contributed by atoms with Crippen LogP contribution in [-0.2, 0) is 6.54 Å². The molecule has 0 atom stereocenters. The van der Waals surface area contributed by atoms with Crippen molar-refractivity contribution in [3.8, 4) is 6.07 Å². The van der Waals surface area contributed by atoms with Crippen LogP contribution in [0.15, 0.2) is 0 Å². The Hall–Kier alpha value is -1.37. The molecular formula is C10H16N4. The van der Waals surface area contributed by atoms with Crippen LogP contribution in [-0.4, -0.2) is 14.8 Å². The summed E-state index contributed by atoms with van der Waals surface area (Å²) in [7, 11) is 0. The van der Waals surface area contributed by atoms with Crippen LogP contribution < -0.4 is 0 Å². The van der Waals surface area contributed by atoms with E-state index in [2.05, 4.69) is 16.2 Å². The summed E-state index contributed by atoms with van der Waals surface area (Å²) < 4.78 is 1.86. The highest BCUT2D eigenvalue weighted by Crippen LogP contribution is 2.19. The molecule has 0 bridgehead atoms. The minimum Gasteiger partial charge on any atom is -0.250 e. The van der Waals surface area contributed by atoms with Gasteiger partial charge in [0, 0.05) is 6.54 Å². The van der Waals surface area contributed by atoms with Gasteiger partial charge in [-0.05, 0) is 34.1 Å². The summed E-state index contributed by atoms with van der Waals surface area (Å²) in [6, 6.07) is 2.28. The number of hydrogen-bond acceptors (Lipinski definition) is 3. The molecule has 0 aliphatic heterocycles. The highest BCUT2D eigenvalue weighted by atomic mass is 15.3. The first kappa shape index (κ1) is 10.7. The molecule has 0 aliphatic rings. The van der Waals surface area contributed by atoms with Gasteiger partial charge in [0.15, 0.2) is 0 Å². The average molecular weight is 192 g/mol. The van der Waals surface area contributed by atoms with Gasteiger partial charge in [0.25, 0.3) is 0 Å². The lowest BCUT2D eigenvalue weighted by Crippen LogP contribution is -2.14. The maximum Gasteiger partial charge on any atom is 0.147 e. The molecule has 0 amide bonds. The van der Waals surface area contributed by atoms with Crippen molar-refractivity contribution in [2.24, 2.45) is 5.41 Å². The predicted octanol–water partition coefficient (Wildman–Crippen LogP) is 1.83. The molecule has 1 aromatic rings. The van der Waals surface area contributed by atoms with Crippen molar-refractivity contribution < 1.29 is 0 Å². The van der Waals surface area contributed by atoms with Crippen molar-refractivity contribution in [3.63, 3.8) is 0 Å². The van der Waals surface area contributed by atoms with Crippen molar-refractivity contribution in [1.82, 2.24) is 14.8 Å². The van der Waals surface area contributed by atoms with Gasteiger partial charge in [-0.25, -0.2) is 4.98 Å². The van der Waals surface area contributed by atoms with Crippen molar-refractivity contribution in [1.29, 1.82) is 5.26 Å². The van der Waals surface area contributed by atoms with Gasteiger partial charge in [-0.1, -0.05) is 0 Å². The number of hydrogen-bond donors (Lipinski definition) is 0. The second-order valence-electron chi connectivity index (χ2n) is 4.18. The molecule has 0 unspecified atom stereocenters. The molecule has 0 fully saturated rings. The summed E-state index contributed by atoms with van der Waals surface area (Å²) in [6.45, 7) is 8.43. The van der Waals surface area contributed by atoms with Crippen molar-refractivity contribution in [2.75, 3.05) is 0 Å². The molecule has 1 aromatic heterocycles. The van der Waals surface area contributed by atoms with E-state index in [1.165, 1.54) is 0 Å². The van der Waals surface area contributed by atoms with Gasteiger partial charge in [0.05, 0.1) is 11.5 Å². The summed E-state index contributed by atoms with van der Waals surface area (Å²) >= 11 is 0. The lowest BCUT2D eigenvalue weighted by Gasteiger charge is -2.14. The van der Waals surface area contributed by atoms with E-state index in [0.717, 1.165) is 24.6 Å². The van der Waals surface area contributed by atoms with Gasteiger partial charge in [-0.2, -0.15) is 10.4 Å². The van der Waals surface area contributed by atoms with Crippen molar-refractivity contribution in [3.05, 3.63) is 11.6 Å². The molecule has 4 heteroatoms. The topological polar surface area (TPSA) is 54.5 Å². The summed E-state index contributed by atoms with van der Waals surface area (Å²) in [5.41, 5.74) is -0.285. The fourth-order valence-electron chi connectivity index (χ4n) is 1.21. The third-order valence-electron chi connectivity index (χ3n) is 2.21. The molecule has 0 saturated carbocycles. The molecule has 76 valence electrons. The average Bonchev–Trinajstić information content (AvgIpc) is 2.42. The highest BCUT2D eigenvalue weighted by molar-refractivity contribution is 4.93. The Labute approximate surface area is 84.6 Å². The third-order valence-corrected chi connectivity index (χ3v) is 2.21. The Kier molecular flexibility index (Phi) is 2.90. The minimum atomic E-state index is -0.285. The van der Waals surface area contributed by atoms with Gasteiger partial charge >= 0.3 is 0 Å². The molecule has 14 heavy (non-hydrogen) atoms. The predicted molar refractivity (Wildman–Crippen MR) is 53.5 cm³/mol. The standard InChI is InChI=1S/C10H16N4/c1-8-12-9(2)14(13-8)6-5-10(3,4)7-11/h5-6H2,1-4H3. The Morgan fingerprint density at radius 3 is 2.50 bits per heavy atom. The largest absolute Gasteiger partial charge is 0.250 e. The maximum absolute atomic E-state index is 8.85. The van der Waals surface area contributed by atoms with E-state index in [0.29, 0.717) is 0 Å². The Bertz CT molecular complexity index is 357. The van der Waals surface area contributed by atoms with Crippen LogP contribution in [0.25, 0.3) is 0 Å². The Morgan fingerprint density at radius 1 is 1.43 bits per heavy atom. The lowest BCUT2D eigenvalue weighted by molar-refractivity contribution is 0.394. The molecule has 1 heterocycles.